The van der Waals surface area contributed by atoms with Gasteiger partial charge in [0.1, 0.15) is 23.0 Å². The van der Waals surface area contributed by atoms with Gasteiger partial charge in [-0.3, -0.25) is 0 Å². The fourth-order valence-electron chi connectivity index (χ4n) is 1.64. The van der Waals surface area contributed by atoms with Crippen molar-refractivity contribution in [3.05, 3.63) is 47.5 Å². The Bertz CT molecular complexity index is 701. The van der Waals surface area contributed by atoms with E-state index in [-0.39, 0.29) is 34.1 Å². The summed E-state index contributed by atoms with van der Waals surface area (Å²) < 4.78 is 4.90. The second-order valence-electron chi connectivity index (χ2n) is 4.15. The topological polar surface area (TPSA) is 124 Å². The van der Waals surface area contributed by atoms with E-state index in [4.69, 9.17) is 9.84 Å². The van der Waals surface area contributed by atoms with Crippen molar-refractivity contribution in [2.24, 2.45) is 0 Å². The van der Waals surface area contributed by atoms with Crippen LogP contribution in [0.3, 0.4) is 0 Å². The van der Waals surface area contributed by atoms with Crippen LogP contribution in [0.5, 0.6) is 23.0 Å². The highest BCUT2D eigenvalue weighted by Gasteiger charge is 2.14. The van der Waals surface area contributed by atoms with Gasteiger partial charge in [0, 0.05) is 12.1 Å². The molecule has 2 aromatic rings. The molecule has 0 aliphatic rings. The quantitative estimate of drug-likeness (QED) is 0.501. The third-order valence-electron chi connectivity index (χ3n) is 2.49. The lowest BCUT2D eigenvalue weighted by Gasteiger charge is -2.07. The molecule has 0 fully saturated rings. The molecular weight excluding hydrogens is 280 g/mol. The summed E-state index contributed by atoms with van der Waals surface area (Å²) in [6.07, 6.45) is 0. The van der Waals surface area contributed by atoms with E-state index in [1.54, 1.807) is 0 Å². The molecule has 0 saturated carbocycles. The molecule has 2 rings (SSSR count). The standard InChI is InChI=1S/C14H10O7/c15-9-2-8(3-10(16)5-9)14(20)21-12-4-7(13(18)19)1-11(17)6-12/h1-6,15-17H,(H,18,19). The summed E-state index contributed by atoms with van der Waals surface area (Å²) in [5.74, 6) is -3.44. The van der Waals surface area contributed by atoms with E-state index in [9.17, 15) is 24.9 Å². The molecule has 0 aromatic heterocycles. The van der Waals surface area contributed by atoms with Gasteiger partial charge >= 0.3 is 11.9 Å². The summed E-state index contributed by atoms with van der Waals surface area (Å²) in [5.41, 5.74) is -0.385. The van der Waals surface area contributed by atoms with Crippen LogP contribution >= 0.6 is 0 Å². The molecule has 0 aliphatic carbocycles. The molecule has 0 spiro atoms. The minimum atomic E-state index is -1.29. The number of benzene rings is 2. The minimum Gasteiger partial charge on any atom is -0.508 e. The minimum absolute atomic E-state index is 0.132. The summed E-state index contributed by atoms with van der Waals surface area (Å²) in [4.78, 5) is 22.7. The Labute approximate surface area is 118 Å². The number of rotatable bonds is 3. The Morgan fingerprint density at radius 3 is 1.86 bits per heavy atom. The van der Waals surface area contributed by atoms with Gasteiger partial charge in [-0.25, -0.2) is 9.59 Å². The molecule has 0 bridgehead atoms. The third-order valence-corrected chi connectivity index (χ3v) is 2.49. The molecule has 21 heavy (non-hydrogen) atoms. The van der Waals surface area contributed by atoms with Crippen LogP contribution in [0.4, 0.5) is 0 Å². The van der Waals surface area contributed by atoms with Gasteiger partial charge in [0.15, 0.2) is 0 Å². The first-order valence-electron chi connectivity index (χ1n) is 5.68. The van der Waals surface area contributed by atoms with Crippen LogP contribution in [-0.2, 0) is 0 Å². The van der Waals surface area contributed by atoms with E-state index in [0.717, 1.165) is 36.4 Å². The summed E-state index contributed by atoms with van der Waals surface area (Å²) in [6, 6.07) is 6.30. The van der Waals surface area contributed by atoms with Crippen molar-refractivity contribution in [1.29, 1.82) is 0 Å². The molecule has 7 heteroatoms. The lowest BCUT2D eigenvalue weighted by molar-refractivity contribution is 0.0687. The highest BCUT2D eigenvalue weighted by Crippen LogP contribution is 2.25. The molecule has 0 atom stereocenters. The van der Waals surface area contributed by atoms with Gasteiger partial charge in [0.05, 0.1) is 11.1 Å². The number of hydrogen-bond acceptors (Lipinski definition) is 6. The van der Waals surface area contributed by atoms with Crippen LogP contribution in [0.1, 0.15) is 20.7 Å². The number of carbonyl (C=O) groups excluding carboxylic acids is 1. The van der Waals surface area contributed by atoms with Gasteiger partial charge in [-0.2, -0.15) is 0 Å². The molecule has 0 saturated heterocycles. The molecule has 0 unspecified atom stereocenters. The van der Waals surface area contributed by atoms with E-state index in [0.29, 0.717) is 0 Å². The monoisotopic (exact) mass is 290 g/mol. The Hall–Kier alpha value is -3.22. The fourth-order valence-corrected chi connectivity index (χ4v) is 1.64. The highest BCUT2D eigenvalue weighted by atomic mass is 16.5. The zero-order valence-electron chi connectivity index (χ0n) is 10.5. The fraction of sp³-hybridized carbons (Fsp3) is 0. The predicted molar refractivity (Wildman–Crippen MR) is 69.8 cm³/mol. The van der Waals surface area contributed by atoms with Gasteiger partial charge in [-0.15, -0.1) is 0 Å². The normalized spacial score (nSPS) is 10.1. The van der Waals surface area contributed by atoms with E-state index in [1.807, 2.05) is 0 Å². The maximum Gasteiger partial charge on any atom is 0.343 e. The lowest BCUT2D eigenvalue weighted by atomic mass is 10.2. The van der Waals surface area contributed by atoms with Crippen molar-refractivity contribution in [3.63, 3.8) is 0 Å². The van der Waals surface area contributed by atoms with Crippen molar-refractivity contribution in [2.45, 2.75) is 0 Å². The second-order valence-corrected chi connectivity index (χ2v) is 4.15. The average molecular weight is 290 g/mol. The molecule has 2 aromatic carbocycles. The zero-order chi connectivity index (χ0) is 15.6. The number of phenols is 3. The number of phenolic OH excluding ortho intramolecular Hbond substituents is 3. The molecule has 4 N–H and O–H groups in total. The van der Waals surface area contributed by atoms with Gasteiger partial charge < -0.3 is 25.2 Å². The van der Waals surface area contributed by atoms with Gasteiger partial charge in [-0.1, -0.05) is 0 Å². The van der Waals surface area contributed by atoms with E-state index >= 15 is 0 Å². The second kappa shape index (κ2) is 5.41. The van der Waals surface area contributed by atoms with Crippen molar-refractivity contribution in [1.82, 2.24) is 0 Å². The summed E-state index contributed by atoms with van der Waals surface area (Å²) in [7, 11) is 0. The van der Waals surface area contributed by atoms with Crippen LogP contribution in [-0.4, -0.2) is 32.4 Å². The maximum absolute atomic E-state index is 11.8. The molecule has 0 aliphatic heterocycles. The lowest BCUT2D eigenvalue weighted by Crippen LogP contribution is -2.09. The number of aromatic carboxylic acids is 1. The Balaban J connectivity index is 2.29. The molecule has 108 valence electrons. The van der Waals surface area contributed by atoms with Crippen LogP contribution in [0.25, 0.3) is 0 Å². The number of esters is 1. The van der Waals surface area contributed by atoms with E-state index < -0.39 is 11.9 Å². The van der Waals surface area contributed by atoms with Crippen LogP contribution in [0.15, 0.2) is 36.4 Å². The first-order valence-corrected chi connectivity index (χ1v) is 5.68. The van der Waals surface area contributed by atoms with Crippen LogP contribution in [0.2, 0.25) is 0 Å². The SMILES string of the molecule is O=C(O)c1cc(O)cc(OC(=O)c2cc(O)cc(O)c2)c1. The zero-order valence-corrected chi connectivity index (χ0v) is 10.5. The Morgan fingerprint density at radius 1 is 0.762 bits per heavy atom. The smallest absolute Gasteiger partial charge is 0.343 e. The van der Waals surface area contributed by atoms with E-state index in [2.05, 4.69) is 0 Å². The molecule has 0 heterocycles. The molecule has 7 nitrogen and oxygen atoms in total. The number of ether oxygens (including phenoxy) is 1. The maximum atomic E-state index is 11.8. The number of carbonyl (C=O) groups is 2. The summed E-state index contributed by atoms with van der Waals surface area (Å²) in [6.45, 7) is 0. The highest BCUT2D eigenvalue weighted by molar-refractivity contribution is 5.93. The molecule has 0 amide bonds. The first-order chi connectivity index (χ1) is 9.85. The summed E-state index contributed by atoms with van der Waals surface area (Å²) >= 11 is 0. The van der Waals surface area contributed by atoms with Crippen LogP contribution in [0, 0.1) is 0 Å². The van der Waals surface area contributed by atoms with Crippen molar-refractivity contribution in [3.8, 4) is 23.0 Å². The van der Waals surface area contributed by atoms with Gasteiger partial charge in [0.25, 0.3) is 0 Å². The predicted octanol–water partition coefficient (Wildman–Crippen LogP) is 1.72. The van der Waals surface area contributed by atoms with E-state index in [1.165, 1.54) is 0 Å². The van der Waals surface area contributed by atoms with Crippen molar-refractivity contribution >= 4 is 11.9 Å². The first kappa shape index (κ1) is 14.2. The Kier molecular flexibility index (Phi) is 3.66. The van der Waals surface area contributed by atoms with Crippen molar-refractivity contribution in [2.75, 3.05) is 0 Å². The van der Waals surface area contributed by atoms with Gasteiger partial charge in [-0.05, 0) is 24.3 Å². The summed E-state index contributed by atoms with van der Waals surface area (Å²) in [5, 5.41) is 36.8. The number of aromatic hydroxyl groups is 3. The molecular formula is C14H10O7. The number of carboxylic acid groups (broad SMARTS) is 1. The molecule has 0 radical (unpaired) electrons. The van der Waals surface area contributed by atoms with Gasteiger partial charge in [0.2, 0.25) is 0 Å². The van der Waals surface area contributed by atoms with Crippen LogP contribution < -0.4 is 4.74 Å². The average Bonchev–Trinajstić information content (AvgIpc) is 2.36. The number of hydrogen-bond donors (Lipinski definition) is 4. The largest absolute Gasteiger partial charge is 0.508 e. The number of carboxylic acids is 1. The Morgan fingerprint density at radius 2 is 1.29 bits per heavy atom. The van der Waals surface area contributed by atoms with Crippen molar-refractivity contribution < 1.29 is 34.8 Å². The third kappa shape index (κ3) is 3.41.